The molecule has 0 heterocycles. The van der Waals surface area contributed by atoms with E-state index < -0.39 is 14.6 Å². The fourth-order valence-corrected chi connectivity index (χ4v) is 6.31. The maximum atomic E-state index is 11.5. The summed E-state index contributed by atoms with van der Waals surface area (Å²) in [6.07, 6.45) is 12.4. The van der Waals surface area contributed by atoms with E-state index in [0.717, 1.165) is 44.2 Å². The SMILES string of the molecule is C/C(=C\CC/C(C)=C/CSP(=O)(O)OP(=O)(O)O)CC/C=C(\C)CCCN(C)C. The summed E-state index contributed by atoms with van der Waals surface area (Å²) in [6, 6.07) is 0. The van der Waals surface area contributed by atoms with Gasteiger partial charge in [-0.3, -0.25) is 0 Å². The third kappa shape index (κ3) is 19.5. The van der Waals surface area contributed by atoms with Crippen molar-refractivity contribution < 1.29 is 28.1 Å². The Morgan fingerprint density at radius 1 is 0.897 bits per heavy atom. The van der Waals surface area contributed by atoms with Crippen LogP contribution in [0.5, 0.6) is 0 Å². The van der Waals surface area contributed by atoms with E-state index in [1.54, 1.807) is 6.08 Å². The van der Waals surface area contributed by atoms with Gasteiger partial charge in [0.1, 0.15) is 0 Å². The van der Waals surface area contributed by atoms with Crippen molar-refractivity contribution in [3.8, 4) is 0 Å². The maximum Gasteiger partial charge on any atom is 0.477 e. The van der Waals surface area contributed by atoms with E-state index in [1.807, 2.05) is 6.92 Å². The Bertz CT molecular complexity index is 670. The van der Waals surface area contributed by atoms with Crippen LogP contribution in [0.2, 0.25) is 0 Å². The number of hydrogen-bond donors (Lipinski definition) is 3. The van der Waals surface area contributed by atoms with E-state index in [1.165, 1.54) is 17.6 Å². The summed E-state index contributed by atoms with van der Waals surface area (Å²) < 4.78 is 26.0. The minimum absolute atomic E-state index is 0.153. The Morgan fingerprint density at radius 3 is 1.86 bits per heavy atom. The van der Waals surface area contributed by atoms with Crippen molar-refractivity contribution in [3.63, 3.8) is 0 Å². The lowest BCUT2D eigenvalue weighted by molar-refractivity contribution is 0.270. The Morgan fingerprint density at radius 2 is 1.38 bits per heavy atom. The fraction of sp³-hybridized carbons (Fsp3) is 0.684. The zero-order valence-corrected chi connectivity index (χ0v) is 20.8. The number of rotatable bonds is 15. The van der Waals surface area contributed by atoms with Crippen molar-refractivity contribution >= 4 is 26.0 Å². The van der Waals surface area contributed by atoms with Crippen LogP contribution in [0.1, 0.15) is 59.3 Å². The average Bonchev–Trinajstić information content (AvgIpc) is 2.51. The van der Waals surface area contributed by atoms with Crippen molar-refractivity contribution in [2.24, 2.45) is 0 Å². The molecule has 1 unspecified atom stereocenters. The van der Waals surface area contributed by atoms with Crippen LogP contribution in [-0.4, -0.2) is 46.0 Å². The zero-order chi connectivity index (χ0) is 22.5. The number of nitrogens with zero attached hydrogens (tertiary/aromatic N) is 1. The predicted octanol–water partition coefficient (Wildman–Crippen LogP) is 5.67. The lowest BCUT2D eigenvalue weighted by Crippen LogP contribution is -2.12. The van der Waals surface area contributed by atoms with Crippen molar-refractivity contribution in [2.75, 3.05) is 26.4 Å². The fourth-order valence-electron chi connectivity index (χ4n) is 2.50. The Labute approximate surface area is 179 Å². The summed E-state index contributed by atoms with van der Waals surface area (Å²) >= 11 is 0.490. The highest BCUT2D eigenvalue weighted by atomic mass is 32.7. The molecule has 0 aromatic rings. The van der Waals surface area contributed by atoms with Gasteiger partial charge in [-0.25, -0.2) is 9.13 Å². The summed E-state index contributed by atoms with van der Waals surface area (Å²) in [6.45, 7) is 3.01. The van der Waals surface area contributed by atoms with Gasteiger partial charge in [0.05, 0.1) is 0 Å². The van der Waals surface area contributed by atoms with Gasteiger partial charge in [-0.15, -0.1) is 0 Å². The molecule has 0 aliphatic carbocycles. The highest BCUT2D eigenvalue weighted by Crippen LogP contribution is 2.64. The molecule has 0 amide bonds. The number of hydrogen-bond acceptors (Lipinski definition) is 5. The monoisotopic (exact) mass is 469 g/mol. The van der Waals surface area contributed by atoms with Crippen molar-refractivity contribution in [3.05, 3.63) is 34.9 Å². The minimum atomic E-state index is -4.97. The second-order valence-corrected chi connectivity index (χ2v) is 12.8. The standard InChI is InChI=1S/C19H37NO6P2S/c1-17(9-6-11-18(2)13-8-15-20(4)5)10-7-12-19(3)14-16-29-28(24,25)26-27(21,22)23/h10-11,14H,6-9,12-13,15-16H2,1-5H3,(H,24,25)(H2,21,22,23)/b17-10+,18-11+,19-14+. The Balaban J connectivity index is 4.15. The first-order chi connectivity index (χ1) is 13.3. The molecule has 0 saturated heterocycles. The maximum absolute atomic E-state index is 11.5. The molecule has 0 aliphatic heterocycles. The van der Waals surface area contributed by atoms with Gasteiger partial charge in [0.2, 0.25) is 0 Å². The smallest absolute Gasteiger partial charge is 0.316 e. The van der Waals surface area contributed by atoms with Crippen LogP contribution in [0.25, 0.3) is 0 Å². The van der Waals surface area contributed by atoms with Crippen LogP contribution in [0, 0.1) is 0 Å². The van der Waals surface area contributed by atoms with Crippen molar-refractivity contribution in [1.82, 2.24) is 4.90 Å². The van der Waals surface area contributed by atoms with E-state index in [4.69, 9.17) is 9.79 Å². The summed E-state index contributed by atoms with van der Waals surface area (Å²) in [5, 5.41) is 0. The molecule has 0 aliphatic rings. The van der Waals surface area contributed by atoms with Crippen LogP contribution in [-0.2, 0) is 13.4 Å². The van der Waals surface area contributed by atoms with E-state index >= 15 is 0 Å². The van der Waals surface area contributed by atoms with Crippen LogP contribution in [0.3, 0.4) is 0 Å². The molecular formula is C19H37NO6P2S. The number of phosphoric acid groups is 1. The second-order valence-electron chi connectivity index (χ2n) is 7.47. The van der Waals surface area contributed by atoms with Crippen molar-refractivity contribution in [1.29, 1.82) is 0 Å². The summed E-state index contributed by atoms with van der Waals surface area (Å²) in [5.74, 6) is 0.153. The zero-order valence-electron chi connectivity index (χ0n) is 18.2. The molecule has 3 N–H and O–H groups in total. The quantitative estimate of drug-likeness (QED) is 0.208. The molecule has 1 atom stereocenters. The van der Waals surface area contributed by atoms with Crippen LogP contribution in [0.4, 0.5) is 0 Å². The Hall–Kier alpha value is -0.170. The molecule has 0 aromatic heterocycles. The van der Waals surface area contributed by atoms with Gasteiger partial charge < -0.3 is 19.6 Å². The van der Waals surface area contributed by atoms with Crippen molar-refractivity contribution in [2.45, 2.75) is 59.3 Å². The summed E-state index contributed by atoms with van der Waals surface area (Å²) in [7, 11) is -0.790. The molecule has 0 spiro atoms. The van der Waals surface area contributed by atoms with Gasteiger partial charge in [0.25, 0.3) is 0 Å². The molecule has 7 nitrogen and oxygen atoms in total. The highest BCUT2D eigenvalue weighted by molar-refractivity contribution is 8.55. The molecule has 170 valence electrons. The number of allylic oxidation sites excluding steroid dienone is 5. The molecule has 0 saturated carbocycles. The molecule has 0 fully saturated rings. The second kappa shape index (κ2) is 14.8. The van der Waals surface area contributed by atoms with Gasteiger partial charge in [-0.1, -0.05) is 34.9 Å². The van der Waals surface area contributed by atoms with E-state index in [2.05, 4.69) is 49.3 Å². The van der Waals surface area contributed by atoms with Gasteiger partial charge >= 0.3 is 14.6 Å². The molecule has 0 aromatic carbocycles. The summed E-state index contributed by atoms with van der Waals surface area (Å²) in [4.78, 5) is 28.8. The van der Waals surface area contributed by atoms with Gasteiger partial charge in [-0.2, -0.15) is 4.31 Å². The first kappa shape index (κ1) is 28.8. The van der Waals surface area contributed by atoms with Gasteiger partial charge in [0, 0.05) is 5.75 Å². The largest absolute Gasteiger partial charge is 0.477 e. The highest BCUT2D eigenvalue weighted by Gasteiger charge is 2.30. The first-order valence-corrected chi connectivity index (χ1v) is 14.4. The Kier molecular flexibility index (Phi) is 14.7. The topological polar surface area (TPSA) is 107 Å². The summed E-state index contributed by atoms with van der Waals surface area (Å²) in [5.41, 5.74) is 3.84. The molecule has 10 heteroatoms. The van der Waals surface area contributed by atoms with E-state index in [0.29, 0.717) is 11.4 Å². The van der Waals surface area contributed by atoms with Gasteiger partial charge in [-0.05, 0) is 91.3 Å². The molecular weight excluding hydrogens is 432 g/mol. The molecule has 29 heavy (non-hydrogen) atoms. The normalized spacial score (nSPS) is 16.4. The van der Waals surface area contributed by atoms with E-state index in [9.17, 15) is 14.0 Å². The lowest BCUT2D eigenvalue weighted by atomic mass is 10.0. The lowest BCUT2D eigenvalue weighted by Gasteiger charge is -2.10. The minimum Gasteiger partial charge on any atom is -0.316 e. The molecule has 0 bridgehead atoms. The van der Waals surface area contributed by atoms with Gasteiger partial charge in [0.15, 0.2) is 0 Å². The van der Waals surface area contributed by atoms with Crippen LogP contribution in [0.15, 0.2) is 34.9 Å². The first-order valence-electron chi connectivity index (χ1n) is 9.66. The average molecular weight is 470 g/mol. The molecule has 0 radical (unpaired) electrons. The third-order valence-corrected chi connectivity index (χ3v) is 8.46. The third-order valence-electron chi connectivity index (χ3n) is 4.12. The van der Waals surface area contributed by atoms with Crippen LogP contribution >= 0.6 is 26.0 Å². The molecule has 0 rings (SSSR count). The van der Waals surface area contributed by atoms with E-state index in [-0.39, 0.29) is 5.75 Å². The predicted molar refractivity (Wildman–Crippen MR) is 123 cm³/mol. The van der Waals surface area contributed by atoms with Crippen LogP contribution < -0.4 is 0 Å².